The monoisotopic (exact) mass is 262 g/mol. The van der Waals surface area contributed by atoms with Crippen molar-refractivity contribution in [2.75, 3.05) is 6.54 Å². The van der Waals surface area contributed by atoms with E-state index < -0.39 is 0 Å². The van der Waals surface area contributed by atoms with E-state index in [0.717, 1.165) is 10.4 Å². The van der Waals surface area contributed by atoms with E-state index in [9.17, 15) is 10.1 Å². The molecule has 0 aliphatic rings. The molecule has 1 heterocycles. The molecule has 2 rings (SSSR count). The van der Waals surface area contributed by atoms with Gasteiger partial charge < -0.3 is 5.73 Å². The van der Waals surface area contributed by atoms with E-state index in [1.165, 1.54) is 17.7 Å². The Kier molecular flexibility index (Phi) is 3.74. The van der Waals surface area contributed by atoms with Gasteiger partial charge in [0.1, 0.15) is 0 Å². The van der Waals surface area contributed by atoms with Crippen LogP contribution < -0.4 is 5.73 Å². The first-order chi connectivity index (χ1) is 8.61. The zero-order chi connectivity index (χ0) is 13.1. The maximum atomic E-state index is 10.6. The normalized spacial score (nSPS) is 12.3. The van der Waals surface area contributed by atoms with Crippen LogP contribution in [-0.4, -0.2) is 11.5 Å². The zero-order valence-electron chi connectivity index (χ0n) is 10.00. The molecule has 4 nitrogen and oxygen atoms in total. The summed E-state index contributed by atoms with van der Waals surface area (Å²) in [6.45, 7) is 2.71. The summed E-state index contributed by atoms with van der Waals surface area (Å²) in [4.78, 5) is 11.3. The Hall–Kier alpha value is -1.72. The molecule has 0 spiro atoms. The van der Waals surface area contributed by atoms with Gasteiger partial charge in [0.15, 0.2) is 0 Å². The molecule has 2 N–H and O–H groups in total. The molecule has 2 aromatic rings. The van der Waals surface area contributed by atoms with E-state index in [1.807, 2.05) is 0 Å². The number of non-ortho nitro benzene ring substituents is 1. The van der Waals surface area contributed by atoms with Crippen LogP contribution in [0.25, 0.3) is 10.4 Å². The van der Waals surface area contributed by atoms with Crippen molar-refractivity contribution >= 4 is 17.0 Å². The fourth-order valence-corrected chi connectivity index (χ4v) is 2.68. The lowest BCUT2D eigenvalue weighted by atomic mass is 10.0. The van der Waals surface area contributed by atoms with E-state index >= 15 is 0 Å². The minimum Gasteiger partial charge on any atom is -0.330 e. The Bertz CT molecular complexity index is 548. The fraction of sp³-hybridized carbons (Fsp3) is 0.231. The average molecular weight is 262 g/mol. The summed E-state index contributed by atoms with van der Waals surface area (Å²) in [5, 5.41) is 12.7. The molecule has 1 unspecified atom stereocenters. The molecular weight excluding hydrogens is 248 g/mol. The number of benzene rings is 1. The summed E-state index contributed by atoms with van der Waals surface area (Å²) in [7, 11) is 0. The van der Waals surface area contributed by atoms with Crippen molar-refractivity contribution < 1.29 is 4.92 Å². The molecule has 0 aliphatic heterocycles. The first kappa shape index (κ1) is 12.7. The van der Waals surface area contributed by atoms with E-state index in [0.29, 0.717) is 12.5 Å². The Morgan fingerprint density at radius 2 is 2.06 bits per heavy atom. The molecule has 1 aromatic carbocycles. The summed E-state index contributed by atoms with van der Waals surface area (Å²) >= 11 is 1.64. The van der Waals surface area contributed by atoms with Crippen LogP contribution in [0.15, 0.2) is 35.7 Å². The van der Waals surface area contributed by atoms with E-state index in [2.05, 4.69) is 18.4 Å². The van der Waals surface area contributed by atoms with Crippen molar-refractivity contribution in [2.24, 2.45) is 5.73 Å². The number of nitrogens with two attached hydrogens (primary N) is 1. The Balaban J connectivity index is 2.26. The van der Waals surface area contributed by atoms with Crippen LogP contribution in [0.3, 0.4) is 0 Å². The quantitative estimate of drug-likeness (QED) is 0.678. The van der Waals surface area contributed by atoms with Gasteiger partial charge in [0.25, 0.3) is 5.69 Å². The Morgan fingerprint density at radius 1 is 1.39 bits per heavy atom. The van der Waals surface area contributed by atoms with Crippen molar-refractivity contribution in [3.8, 4) is 10.4 Å². The van der Waals surface area contributed by atoms with Crippen LogP contribution in [0, 0.1) is 10.1 Å². The molecule has 0 saturated carbocycles. The molecule has 5 heteroatoms. The van der Waals surface area contributed by atoms with Gasteiger partial charge in [-0.2, -0.15) is 0 Å². The summed E-state index contributed by atoms with van der Waals surface area (Å²) in [6.07, 6.45) is 0. The van der Waals surface area contributed by atoms with Crippen LogP contribution in [-0.2, 0) is 0 Å². The lowest BCUT2D eigenvalue weighted by molar-refractivity contribution is -0.384. The summed E-state index contributed by atoms with van der Waals surface area (Å²) < 4.78 is 0. The molecule has 0 fully saturated rings. The van der Waals surface area contributed by atoms with Crippen LogP contribution in [0.5, 0.6) is 0 Å². The number of rotatable bonds is 4. The topological polar surface area (TPSA) is 69.2 Å². The second-order valence-electron chi connectivity index (χ2n) is 4.19. The Morgan fingerprint density at radius 3 is 2.61 bits per heavy atom. The second kappa shape index (κ2) is 5.29. The minimum atomic E-state index is -0.389. The van der Waals surface area contributed by atoms with Gasteiger partial charge in [-0.05, 0) is 47.2 Å². The highest BCUT2D eigenvalue weighted by Gasteiger charge is 2.09. The van der Waals surface area contributed by atoms with Crippen molar-refractivity contribution in [1.82, 2.24) is 0 Å². The van der Waals surface area contributed by atoms with Gasteiger partial charge in [-0.25, -0.2) is 0 Å². The standard InChI is InChI=1S/C13H14N2O2S/c1-9(7-14)11-6-13(18-8-11)10-2-4-12(5-3-10)15(16)17/h2-6,8-9H,7,14H2,1H3. The minimum absolute atomic E-state index is 0.117. The molecular formula is C13H14N2O2S. The van der Waals surface area contributed by atoms with Crippen molar-refractivity contribution in [3.05, 3.63) is 51.4 Å². The highest BCUT2D eigenvalue weighted by Crippen LogP contribution is 2.31. The highest BCUT2D eigenvalue weighted by molar-refractivity contribution is 7.13. The van der Waals surface area contributed by atoms with Gasteiger partial charge >= 0.3 is 0 Å². The third-order valence-electron chi connectivity index (χ3n) is 2.90. The summed E-state index contributed by atoms with van der Waals surface area (Å²) in [6, 6.07) is 8.72. The third-order valence-corrected chi connectivity index (χ3v) is 3.90. The highest BCUT2D eigenvalue weighted by atomic mass is 32.1. The average Bonchev–Trinajstić information content (AvgIpc) is 2.87. The SMILES string of the molecule is CC(CN)c1csc(-c2ccc([N+](=O)[O-])cc2)c1. The largest absolute Gasteiger partial charge is 0.330 e. The number of nitrogens with zero attached hydrogens (tertiary/aromatic N) is 1. The van der Waals surface area contributed by atoms with Gasteiger partial charge in [0.05, 0.1) is 4.92 Å². The van der Waals surface area contributed by atoms with Crippen molar-refractivity contribution in [2.45, 2.75) is 12.8 Å². The molecule has 0 radical (unpaired) electrons. The third kappa shape index (κ3) is 2.57. The summed E-state index contributed by atoms with van der Waals surface area (Å²) in [5.41, 5.74) is 7.97. The van der Waals surface area contributed by atoms with Gasteiger partial charge in [-0.15, -0.1) is 11.3 Å². The number of hydrogen-bond donors (Lipinski definition) is 1. The van der Waals surface area contributed by atoms with Gasteiger partial charge in [-0.1, -0.05) is 6.92 Å². The maximum absolute atomic E-state index is 10.6. The lowest BCUT2D eigenvalue weighted by Crippen LogP contribution is -2.07. The summed E-state index contributed by atoms with van der Waals surface area (Å²) in [5.74, 6) is 0.341. The smallest absolute Gasteiger partial charge is 0.269 e. The van der Waals surface area contributed by atoms with E-state index in [-0.39, 0.29) is 10.6 Å². The molecule has 0 amide bonds. The molecule has 18 heavy (non-hydrogen) atoms. The number of hydrogen-bond acceptors (Lipinski definition) is 4. The predicted octanol–water partition coefficient (Wildman–Crippen LogP) is 3.39. The van der Waals surface area contributed by atoms with Crippen molar-refractivity contribution in [1.29, 1.82) is 0 Å². The molecule has 1 aromatic heterocycles. The van der Waals surface area contributed by atoms with E-state index in [1.54, 1.807) is 23.5 Å². The van der Waals surface area contributed by atoms with E-state index in [4.69, 9.17) is 5.73 Å². The predicted molar refractivity (Wildman–Crippen MR) is 73.9 cm³/mol. The first-order valence-corrected chi connectivity index (χ1v) is 6.53. The van der Waals surface area contributed by atoms with Crippen LogP contribution in [0.1, 0.15) is 18.4 Å². The molecule has 0 aliphatic carbocycles. The first-order valence-electron chi connectivity index (χ1n) is 5.65. The Labute approximate surface area is 109 Å². The zero-order valence-corrected chi connectivity index (χ0v) is 10.8. The number of nitro groups is 1. The van der Waals surface area contributed by atoms with Crippen LogP contribution >= 0.6 is 11.3 Å². The maximum Gasteiger partial charge on any atom is 0.269 e. The van der Waals surface area contributed by atoms with Gasteiger partial charge in [0, 0.05) is 17.0 Å². The molecule has 94 valence electrons. The molecule has 0 bridgehead atoms. The van der Waals surface area contributed by atoms with Crippen LogP contribution in [0.2, 0.25) is 0 Å². The molecule has 1 atom stereocenters. The van der Waals surface area contributed by atoms with Gasteiger partial charge in [0.2, 0.25) is 0 Å². The number of nitro benzene ring substituents is 1. The second-order valence-corrected chi connectivity index (χ2v) is 5.10. The number of thiophene rings is 1. The fourth-order valence-electron chi connectivity index (χ4n) is 1.64. The lowest BCUT2D eigenvalue weighted by Gasteiger charge is -2.03. The van der Waals surface area contributed by atoms with Crippen molar-refractivity contribution in [3.63, 3.8) is 0 Å². The molecule has 0 saturated heterocycles. The van der Waals surface area contributed by atoms with Crippen LogP contribution in [0.4, 0.5) is 5.69 Å². The van der Waals surface area contributed by atoms with Gasteiger partial charge in [-0.3, -0.25) is 10.1 Å².